The van der Waals surface area contributed by atoms with Crippen LogP contribution < -0.4 is 5.32 Å². The molecule has 0 aliphatic heterocycles. The summed E-state index contributed by atoms with van der Waals surface area (Å²) < 4.78 is 23.5. The van der Waals surface area contributed by atoms with Crippen LogP contribution in [-0.2, 0) is 25.7 Å². The molecular weight excluding hydrogens is 365 g/mol. The van der Waals surface area contributed by atoms with E-state index in [0.717, 1.165) is 5.56 Å². The Bertz CT molecular complexity index is 807. The Morgan fingerprint density at radius 2 is 1.64 bits per heavy atom. The maximum Gasteiger partial charge on any atom is 0.407 e. The molecule has 0 heterocycles. The molecule has 2 atom stereocenters. The fourth-order valence-electron chi connectivity index (χ4n) is 2.69. The molecule has 1 amide bonds. The SMILES string of the molecule is CCOC(=O)C(C(C)=O)C(NC(=O)OCc1ccccc1)c1ccc(F)cc1. The van der Waals surface area contributed by atoms with Gasteiger partial charge in [-0.15, -0.1) is 0 Å². The van der Waals surface area contributed by atoms with Crippen LogP contribution in [0, 0.1) is 11.7 Å². The number of benzene rings is 2. The van der Waals surface area contributed by atoms with Crippen LogP contribution in [0.4, 0.5) is 9.18 Å². The molecule has 2 unspecified atom stereocenters. The standard InChI is InChI=1S/C21H22FNO5/c1-3-27-20(25)18(14(2)24)19(16-9-11-17(22)12-10-16)23-21(26)28-13-15-7-5-4-6-8-15/h4-12,18-19H,3,13H2,1-2H3,(H,23,26). The number of ketones is 1. The summed E-state index contributed by atoms with van der Waals surface area (Å²) in [4.78, 5) is 36.8. The monoisotopic (exact) mass is 387 g/mol. The number of hydrogen-bond donors (Lipinski definition) is 1. The Hall–Kier alpha value is -3.22. The molecule has 2 aromatic rings. The van der Waals surface area contributed by atoms with Crippen LogP contribution in [-0.4, -0.2) is 24.5 Å². The van der Waals surface area contributed by atoms with Gasteiger partial charge in [-0.05, 0) is 37.1 Å². The minimum atomic E-state index is -1.28. The minimum Gasteiger partial charge on any atom is -0.465 e. The second-order valence-electron chi connectivity index (χ2n) is 6.08. The number of carbonyl (C=O) groups excluding carboxylic acids is 3. The van der Waals surface area contributed by atoms with Crippen molar-refractivity contribution in [1.29, 1.82) is 0 Å². The van der Waals surface area contributed by atoms with Gasteiger partial charge in [0.05, 0.1) is 12.6 Å². The minimum absolute atomic E-state index is 0.0208. The lowest BCUT2D eigenvalue weighted by atomic mass is 9.90. The van der Waals surface area contributed by atoms with Crippen LogP contribution >= 0.6 is 0 Å². The highest BCUT2D eigenvalue weighted by Crippen LogP contribution is 2.25. The molecule has 0 spiro atoms. The molecule has 1 N–H and O–H groups in total. The summed E-state index contributed by atoms with van der Waals surface area (Å²) in [5, 5.41) is 2.54. The van der Waals surface area contributed by atoms with Crippen molar-refractivity contribution in [2.75, 3.05) is 6.61 Å². The molecule has 0 aliphatic rings. The van der Waals surface area contributed by atoms with E-state index in [9.17, 15) is 18.8 Å². The highest BCUT2D eigenvalue weighted by Gasteiger charge is 2.36. The number of nitrogens with one attached hydrogen (secondary N) is 1. The first kappa shape index (κ1) is 21.1. The number of Topliss-reactive ketones (excluding diaryl/α,β-unsaturated/α-hetero) is 1. The van der Waals surface area contributed by atoms with Crippen LogP contribution in [0.3, 0.4) is 0 Å². The molecule has 28 heavy (non-hydrogen) atoms. The van der Waals surface area contributed by atoms with Crippen LogP contribution in [0.1, 0.15) is 31.0 Å². The molecule has 2 aromatic carbocycles. The molecule has 6 nitrogen and oxygen atoms in total. The topological polar surface area (TPSA) is 81.7 Å². The van der Waals surface area contributed by atoms with Gasteiger partial charge in [0.15, 0.2) is 0 Å². The molecule has 0 saturated heterocycles. The zero-order valence-corrected chi connectivity index (χ0v) is 15.7. The number of esters is 1. The fourth-order valence-corrected chi connectivity index (χ4v) is 2.69. The second kappa shape index (κ2) is 10.2. The quantitative estimate of drug-likeness (QED) is 0.553. The smallest absolute Gasteiger partial charge is 0.407 e. The molecular formula is C21H22FNO5. The number of halogens is 1. The van der Waals surface area contributed by atoms with E-state index in [2.05, 4.69) is 5.32 Å². The Morgan fingerprint density at radius 1 is 1.00 bits per heavy atom. The van der Waals surface area contributed by atoms with Gasteiger partial charge in [-0.25, -0.2) is 9.18 Å². The van der Waals surface area contributed by atoms with Crippen molar-refractivity contribution in [3.8, 4) is 0 Å². The van der Waals surface area contributed by atoms with E-state index in [1.54, 1.807) is 19.1 Å². The number of carbonyl (C=O) groups is 3. The second-order valence-corrected chi connectivity index (χ2v) is 6.08. The van der Waals surface area contributed by atoms with E-state index in [1.165, 1.54) is 31.2 Å². The maximum atomic E-state index is 13.3. The highest BCUT2D eigenvalue weighted by molar-refractivity contribution is 5.99. The Morgan fingerprint density at radius 3 is 2.21 bits per heavy atom. The molecule has 0 aromatic heterocycles. The Balaban J connectivity index is 2.21. The molecule has 2 rings (SSSR count). The molecule has 148 valence electrons. The first-order chi connectivity index (χ1) is 13.4. The third-order valence-electron chi connectivity index (χ3n) is 4.03. The summed E-state index contributed by atoms with van der Waals surface area (Å²) in [5.74, 6) is -3.02. The molecule has 0 fully saturated rings. The maximum absolute atomic E-state index is 13.3. The summed E-state index contributed by atoms with van der Waals surface area (Å²) in [7, 11) is 0. The van der Waals surface area contributed by atoms with Gasteiger partial charge in [-0.1, -0.05) is 42.5 Å². The molecule has 0 radical (unpaired) electrons. The molecule has 7 heteroatoms. The largest absolute Gasteiger partial charge is 0.465 e. The van der Waals surface area contributed by atoms with E-state index in [-0.39, 0.29) is 13.2 Å². The van der Waals surface area contributed by atoms with Crippen LogP contribution in [0.25, 0.3) is 0 Å². The lowest BCUT2D eigenvalue weighted by Crippen LogP contribution is -2.41. The third-order valence-corrected chi connectivity index (χ3v) is 4.03. The van der Waals surface area contributed by atoms with Crippen molar-refractivity contribution < 1.29 is 28.2 Å². The van der Waals surface area contributed by atoms with Gasteiger partial charge in [0.1, 0.15) is 24.1 Å². The molecule has 0 aliphatic carbocycles. The normalized spacial score (nSPS) is 12.5. The summed E-state index contributed by atoms with van der Waals surface area (Å²) in [6.45, 7) is 2.95. The van der Waals surface area contributed by atoms with E-state index >= 15 is 0 Å². The van der Waals surface area contributed by atoms with Gasteiger partial charge >= 0.3 is 12.1 Å². The fraction of sp³-hybridized carbons (Fsp3) is 0.286. The van der Waals surface area contributed by atoms with Gasteiger partial charge in [-0.3, -0.25) is 9.59 Å². The van der Waals surface area contributed by atoms with Gasteiger partial charge in [0, 0.05) is 0 Å². The zero-order valence-electron chi connectivity index (χ0n) is 15.7. The first-order valence-corrected chi connectivity index (χ1v) is 8.82. The summed E-state index contributed by atoms with van der Waals surface area (Å²) >= 11 is 0. The van der Waals surface area contributed by atoms with Gasteiger partial charge in [0.25, 0.3) is 0 Å². The van der Waals surface area contributed by atoms with Gasteiger partial charge < -0.3 is 14.8 Å². The van der Waals surface area contributed by atoms with Crippen LogP contribution in [0.15, 0.2) is 54.6 Å². The predicted octanol–water partition coefficient (Wildman–Crippen LogP) is 3.56. The van der Waals surface area contributed by atoms with Crippen molar-refractivity contribution in [1.82, 2.24) is 5.32 Å². The average molecular weight is 387 g/mol. The molecule has 0 saturated carbocycles. The predicted molar refractivity (Wildman–Crippen MR) is 99.7 cm³/mol. The third kappa shape index (κ3) is 5.90. The average Bonchev–Trinajstić information content (AvgIpc) is 2.67. The van der Waals surface area contributed by atoms with Crippen molar-refractivity contribution in [3.63, 3.8) is 0 Å². The Labute approximate surface area is 162 Å². The van der Waals surface area contributed by atoms with Crippen molar-refractivity contribution in [2.45, 2.75) is 26.5 Å². The van der Waals surface area contributed by atoms with E-state index < -0.39 is 35.6 Å². The Kier molecular flexibility index (Phi) is 7.68. The number of hydrogen-bond acceptors (Lipinski definition) is 5. The van der Waals surface area contributed by atoms with E-state index in [4.69, 9.17) is 9.47 Å². The van der Waals surface area contributed by atoms with Gasteiger partial charge in [0.2, 0.25) is 0 Å². The van der Waals surface area contributed by atoms with Crippen molar-refractivity contribution in [3.05, 3.63) is 71.5 Å². The highest BCUT2D eigenvalue weighted by atomic mass is 19.1. The number of ether oxygens (including phenoxy) is 2. The summed E-state index contributed by atoms with van der Waals surface area (Å²) in [6, 6.07) is 13.1. The van der Waals surface area contributed by atoms with E-state index in [1.807, 2.05) is 18.2 Å². The van der Waals surface area contributed by atoms with Gasteiger partial charge in [-0.2, -0.15) is 0 Å². The summed E-state index contributed by atoms with van der Waals surface area (Å²) in [5.41, 5.74) is 1.16. The number of amides is 1. The number of alkyl carbamates (subject to hydrolysis) is 1. The first-order valence-electron chi connectivity index (χ1n) is 8.82. The number of rotatable bonds is 8. The van der Waals surface area contributed by atoms with Crippen LogP contribution in [0.5, 0.6) is 0 Å². The van der Waals surface area contributed by atoms with Crippen molar-refractivity contribution >= 4 is 17.8 Å². The summed E-state index contributed by atoms with van der Waals surface area (Å²) in [6.07, 6.45) is -0.811. The lowest BCUT2D eigenvalue weighted by molar-refractivity contribution is -0.152. The van der Waals surface area contributed by atoms with Crippen molar-refractivity contribution in [2.24, 2.45) is 5.92 Å². The lowest BCUT2D eigenvalue weighted by Gasteiger charge is -2.25. The zero-order chi connectivity index (χ0) is 20.5. The van der Waals surface area contributed by atoms with Crippen LogP contribution in [0.2, 0.25) is 0 Å². The van der Waals surface area contributed by atoms with E-state index in [0.29, 0.717) is 5.56 Å². The molecule has 0 bridgehead atoms.